The van der Waals surface area contributed by atoms with Crippen molar-refractivity contribution >= 4 is 15.7 Å². The first-order chi connectivity index (χ1) is 8.82. The second-order valence-corrected chi connectivity index (χ2v) is 6.53. The Bertz CT molecular complexity index is 578. The average Bonchev–Trinajstić information content (AvgIpc) is 3.07. The van der Waals surface area contributed by atoms with Gasteiger partial charge in [0, 0.05) is 24.2 Å². The normalized spacial score (nSPS) is 17.1. The number of hydrogen-bond acceptors (Lipinski definition) is 5. The highest BCUT2D eigenvalue weighted by Gasteiger charge is 2.37. The number of benzene rings is 1. The summed E-state index contributed by atoms with van der Waals surface area (Å²) in [5.74, 6) is 0. The molecule has 0 radical (unpaired) electrons. The van der Waals surface area contributed by atoms with Crippen molar-refractivity contribution in [1.29, 1.82) is 0 Å². The van der Waals surface area contributed by atoms with Crippen LogP contribution < -0.4 is 10.5 Å². The fourth-order valence-electron chi connectivity index (χ4n) is 1.68. The smallest absolute Gasteiger partial charge is 0.269 e. The van der Waals surface area contributed by atoms with Crippen molar-refractivity contribution in [2.75, 3.05) is 6.54 Å². The Kier molecular flexibility index (Phi) is 3.57. The van der Waals surface area contributed by atoms with Crippen molar-refractivity contribution in [1.82, 2.24) is 4.72 Å². The van der Waals surface area contributed by atoms with Crippen LogP contribution in [0.15, 0.2) is 29.2 Å². The summed E-state index contributed by atoms with van der Waals surface area (Å²) < 4.78 is 26.2. The van der Waals surface area contributed by atoms with Crippen LogP contribution in [-0.4, -0.2) is 25.4 Å². The molecule has 19 heavy (non-hydrogen) atoms. The number of nitrogens with one attached hydrogen (secondary N) is 1. The van der Waals surface area contributed by atoms with Crippen LogP contribution in [0.3, 0.4) is 0 Å². The molecule has 1 aliphatic rings. The minimum atomic E-state index is -3.63. The molecule has 0 unspecified atom stereocenters. The highest BCUT2D eigenvalue weighted by Crippen LogP contribution is 2.35. The molecule has 104 valence electrons. The number of nitrogens with two attached hydrogens (primary N) is 1. The van der Waals surface area contributed by atoms with Crippen LogP contribution in [0.25, 0.3) is 0 Å². The Morgan fingerprint density at radius 1 is 1.32 bits per heavy atom. The van der Waals surface area contributed by atoms with Gasteiger partial charge in [0.25, 0.3) is 5.69 Å². The van der Waals surface area contributed by atoms with E-state index in [4.69, 9.17) is 5.73 Å². The monoisotopic (exact) mass is 285 g/mol. The lowest BCUT2D eigenvalue weighted by Crippen LogP contribution is -2.31. The molecule has 0 heterocycles. The van der Waals surface area contributed by atoms with Crippen LogP contribution in [0.1, 0.15) is 19.3 Å². The Labute approximate surface area is 111 Å². The molecule has 2 rings (SSSR count). The predicted molar refractivity (Wildman–Crippen MR) is 69.1 cm³/mol. The zero-order valence-corrected chi connectivity index (χ0v) is 11.0. The minimum absolute atomic E-state index is 0.0139. The highest BCUT2D eigenvalue weighted by atomic mass is 32.2. The molecule has 0 bridgehead atoms. The van der Waals surface area contributed by atoms with Crippen molar-refractivity contribution in [2.24, 2.45) is 5.73 Å². The molecular formula is C11H15N3O4S. The van der Waals surface area contributed by atoms with Crippen molar-refractivity contribution in [3.05, 3.63) is 34.4 Å². The van der Waals surface area contributed by atoms with Gasteiger partial charge in [-0.3, -0.25) is 10.1 Å². The molecule has 8 heteroatoms. The number of non-ortho nitro benzene ring substituents is 1. The standard InChI is InChI=1S/C11H15N3O4S/c12-11(5-6-11)7-8-13-19(17,18)10-3-1-9(2-4-10)14(15)16/h1-4,13H,5-8,12H2. The molecule has 1 aliphatic carbocycles. The molecule has 0 atom stereocenters. The summed E-state index contributed by atoms with van der Waals surface area (Å²) in [4.78, 5) is 9.92. The second kappa shape index (κ2) is 4.87. The summed E-state index contributed by atoms with van der Waals surface area (Å²) in [6.07, 6.45) is 2.44. The lowest BCUT2D eigenvalue weighted by molar-refractivity contribution is -0.384. The number of hydrogen-bond donors (Lipinski definition) is 2. The zero-order chi connectivity index (χ0) is 14.1. The fraction of sp³-hybridized carbons (Fsp3) is 0.455. The summed E-state index contributed by atoms with van der Waals surface area (Å²) >= 11 is 0. The molecular weight excluding hydrogens is 270 g/mol. The fourth-order valence-corrected chi connectivity index (χ4v) is 2.71. The Hall–Kier alpha value is -1.51. The van der Waals surface area contributed by atoms with E-state index in [1.807, 2.05) is 0 Å². The van der Waals surface area contributed by atoms with Gasteiger partial charge in [0.05, 0.1) is 9.82 Å². The highest BCUT2D eigenvalue weighted by molar-refractivity contribution is 7.89. The topological polar surface area (TPSA) is 115 Å². The van der Waals surface area contributed by atoms with E-state index in [2.05, 4.69) is 4.72 Å². The molecule has 0 spiro atoms. The van der Waals surface area contributed by atoms with E-state index in [0.717, 1.165) is 12.8 Å². The summed E-state index contributed by atoms with van der Waals surface area (Å²) in [5.41, 5.74) is 5.51. The van der Waals surface area contributed by atoms with Crippen LogP contribution in [0.2, 0.25) is 0 Å². The van der Waals surface area contributed by atoms with Crippen LogP contribution in [0.4, 0.5) is 5.69 Å². The number of nitro groups is 1. The van der Waals surface area contributed by atoms with E-state index in [1.54, 1.807) is 0 Å². The third kappa shape index (κ3) is 3.49. The molecule has 1 aromatic carbocycles. The van der Waals surface area contributed by atoms with Gasteiger partial charge in [-0.05, 0) is 31.4 Å². The van der Waals surface area contributed by atoms with Gasteiger partial charge < -0.3 is 5.73 Å². The van der Waals surface area contributed by atoms with Crippen molar-refractivity contribution in [3.63, 3.8) is 0 Å². The Morgan fingerprint density at radius 2 is 1.89 bits per heavy atom. The van der Waals surface area contributed by atoms with E-state index in [9.17, 15) is 18.5 Å². The maximum atomic E-state index is 11.9. The van der Waals surface area contributed by atoms with E-state index >= 15 is 0 Å². The summed E-state index contributed by atoms with van der Waals surface area (Å²) in [6, 6.07) is 4.77. The number of nitro benzene ring substituents is 1. The van der Waals surface area contributed by atoms with Gasteiger partial charge in [0.2, 0.25) is 10.0 Å². The predicted octanol–water partition coefficient (Wildman–Crippen LogP) is 0.754. The third-order valence-corrected chi connectivity index (χ3v) is 4.64. The number of nitrogens with zero attached hydrogens (tertiary/aromatic N) is 1. The first kappa shape index (κ1) is 13.9. The number of rotatable bonds is 6. The van der Waals surface area contributed by atoms with Gasteiger partial charge in [0.15, 0.2) is 0 Å². The van der Waals surface area contributed by atoms with Crippen LogP contribution in [0.5, 0.6) is 0 Å². The van der Waals surface area contributed by atoms with Crippen molar-refractivity contribution < 1.29 is 13.3 Å². The number of sulfonamides is 1. The largest absolute Gasteiger partial charge is 0.325 e. The van der Waals surface area contributed by atoms with Gasteiger partial charge in [-0.1, -0.05) is 0 Å². The van der Waals surface area contributed by atoms with Gasteiger partial charge in [0.1, 0.15) is 0 Å². The maximum absolute atomic E-state index is 11.9. The van der Waals surface area contributed by atoms with Crippen LogP contribution in [0, 0.1) is 10.1 Å². The van der Waals surface area contributed by atoms with E-state index in [-0.39, 0.29) is 22.7 Å². The quantitative estimate of drug-likeness (QED) is 0.591. The van der Waals surface area contributed by atoms with Crippen molar-refractivity contribution in [3.8, 4) is 0 Å². The zero-order valence-electron chi connectivity index (χ0n) is 10.2. The second-order valence-electron chi connectivity index (χ2n) is 4.76. The van der Waals surface area contributed by atoms with Crippen LogP contribution >= 0.6 is 0 Å². The average molecular weight is 285 g/mol. The Balaban J connectivity index is 2.00. The lowest BCUT2D eigenvalue weighted by Gasteiger charge is -2.10. The molecule has 1 saturated carbocycles. The molecule has 0 saturated heterocycles. The maximum Gasteiger partial charge on any atom is 0.269 e. The van der Waals surface area contributed by atoms with Crippen molar-refractivity contribution in [2.45, 2.75) is 29.7 Å². The summed E-state index contributed by atoms with van der Waals surface area (Å²) in [5, 5.41) is 10.5. The molecule has 7 nitrogen and oxygen atoms in total. The third-order valence-electron chi connectivity index (χ3n) is 3.17. The first-order valence-electron chi connectivity index (χ1n) is 5.85. The van der Waals surface area contributed by atoms with Crippen LogP contribution in [-0.2, 0) is 10.0 Å². The molecule has 1 fully saturated rings. The molecule has 0 aliphatic heterocycles. The van der Waals surface area contributed by atoms with Gasteiger partial charge in [-0.25, -0.2) is 13.1 Å². The van der Waals surface area contributed by atoms with E-state index in [0.29, 0.717) is 6.42 Å². The van der Waals surface area contributed by atoms with E-state index < -0.39 is 14.9 Å². The molecule has 3 N–H and O–H groups in total. The van der Waals surface area contributed by atoms with Gasteiger partial charge in [-0.2, -0.15) is 0 Å². The summed E-state index contributed by atoms with van der Waals surface area (Å²) in [6.45, 7) is 0.274. The minimum Gasteiger partial charge on any atom is -0.325 e. The van der Waals surface area contributed by atoms with E-state index in [1.165, 1.54) is 24.3 Å². The molecule has 1 aromatic rings. The molecule has 0 amide bonds. The first-order valence-corrected chi connectivity index (χ1v) is 7.34. The van der Waals surface area contributed by atoms with Gasteiger partial charge in [-0.15, -0.1) is 0 Å². The van der Waals surface area contributed by atoms with Gasteiger partial charge >= 0.3 is 0 Å². The Morgan fingerprint density at radius 3 is 2.37 bits per heavy atom. The summed E-state index contributed by atoms with van der Waals surface area (Å²) in [7, 11) is -3.63. The molecule has 0 aromatic heterocycles. The SMILES string of the molecule is NC1(CCNS(=O)(=O)c2ccc([N+](=O)[O-])cc2)CC1. The lowest BCUT2D eigenvalue weighted by atomic mass is 10.2.